The molecule has 38 heavy (non-hydrogen) atoms. The van der Waals surface area contributed by atoms with Crippen LogP contribution in [0.4, 0.5) is 8.78 Å². The number of hydrogen-bond acceptors (Lipinski definition) is 8. The highest BCUT2D eigenvalue weighted by Crippen LogP contribution is 2.28. The number of aromatic nitrogens is 8. The van der Waals surface area contributed by atoms with E-state index in [1.165, 1.54) is 28.1 Å². The summed E-state index contributed by atoms with van der Waals surface area (Å²) in [5.41, 5.74) is 0.533. The molecule has 4 heterocycles. The summed E-state index contributed by atoms with van der Waals surface area (Å²) in [6, 6.07) is 14.6. The predicted octanol–water partition coefficient (Wildman–Crippen LogP) is 2.73. The third-order valence-electron chi connectivity index (χ3n) is 5.94. The Bertz CT molecular complexity index is 1410. The minimum absolute atomic E-state index is 0.0848. The third-order valence-corrected chi connectivity index (χ3v) is 5.94. The number of pyridine rings is 2. The number of aliphatic hydroxyl groups is 1. The second kappa shape index (κ2) is 11.3. The first kappa shape index (κ1) is 25.2. The molecule has 0 amide bonds. The molecule has 5 rings (SSSR count). The van der Waals surface area contributed by atoms with E-state index in [1.807, 2.05) is 36.4 Å². The summed E-state index contributed by atoms with van der Waals surface area (Å²) in [5.74, 6) is -1.61. The van der Waals surface area contributed by atoms with Crippen molar-refractivity contribution in [2.75, 3.05) is 0 Å². The first-order chi connectivity index (χ1) is 18.5. The van der Waals surface area contributed by atoms with Crippen LogP contribution in [0.3, 0.4) is 0 Å². The van der Waals surface area contributed by atoms with E-state index in [0.29, 0.717) is 25.3 Å². The molecule has 1 unspecified atom stereocenters. The van der Waals surface area contributed by atoms with Gasteiger partial charge in [0.25, 0.3) is 0 Å². The Morgan fingerprint density at radius 1 is 0.842 bits per heavy atom. The molecule has 0 fully saturated rings. The number of nitrogens with zero attached hydrogens (tertiary/aromatic N) is 9. The fourth-order valence-electron chi connectivity index (χ4n) is 4.26. The van der Waals surface area contributed by atoms with Gasteiger partial charge in [0.15, 0.2) is 0 Å². The average Bonchev–Trinajstić information content (AvgIpc) is 3.57. The van der Waals surface area contributed by atoms with Crippen LogP contribution in [0.2, 0.25) is 0 Å². The Labute approximate surface area is 217 Å². The van der Waals surface area contributed by atoms with Gasteiger partial charge in [-0.05, 0) is 30.3 Å². The van der Waals surface area contributed by atoms with Gasteiger partial charge in [-0.2, -0.15) is 5.10 Å². The molecule has 0 spiro atoms. The van der Waals surface area contributed by atoms with Crippen molar-refractivity contribution in [1.82, 2.24) is 44.6 Å². The summed E-state index contributed by atoms with van der Waals surface area (Å²) >= 11 is 0. The molecule has 4 aromatic heterocycles. The maximum atomic E-state index is 14.8. The second-order valence-corrected chi connectivity index (χ2v) is 8.94. The van der Waals surface area contributed by atoms with E-state index in [9.17, 15) is 13.9 Å². The van der Waals surface area contributed by atoms with Gasteiger partial charge in [0.2, 0.25) is 0 Å². The van der Waals surface area contributed by atoms with Crippen LogP contribution in [0.1, 0.15) is 22.6 Å². The lowest BCUT2D eigenvalue weighted by Gasteiger charge is -2.28. The third kappa shape index (κ3) is 6.28. The summed E-state index contributed by atoms with van der Waals surface area (Å²) in [5, 5.41) is 24.1. The van der Waals surface area contributed by atoms with Crippen LogP contribution >= 0.6 is 0 Å². The fraction of sp³-hybridized carbons (Fsp3) is 0.231. The van der Waals surface area contributed by atoms with Crippen molar-refractivity contribution in [3.05, 3.63) is 120 Å². The Morgan fingerprint density at radius 2 is 1.53 bits per heavy atom. The zero-order chi connectivity index (χ0) is 26.4. The Hall–Kier alpha value is -4.42. The minimum Gasteiger partial charge on any atom is -0.381 e. The minimum atomic E-state index is -1.81. The van der Waals surface area contributed by atoms with E-state index >= 15 is 0 Å². The lowest BCUT2D eigenvalue weighted by molar-refractivity contribution is -0.00891. The number of hydrogen-bond donors (Lipinski definition) is 1. The highest BCUT2D eigenvalue weighted by molar-refractivity contribution is 5.25. The standard InChI is InChI=1S/C26H25F2N9O/c27-20-7-8-24(25(28)11-20)26(38,17-37-19-29-18-32-37)16-36-15-23(33-34-36)14-35(12-21-5-1-3-9-30-21)13-22-6-2-4-10-31-22/h1-11,15,18-19,38H,12-14,16-17H2. The van der Waals surface area contributed by atoms with Gasteiger partial charge in [0, 0.05) is 49.9 Å². The molecule has 1 N–H and O–H groups in total. The maximum absolute atomic E-state index is 14.8. The molecule has 0 saturated heterocycles. The quantitative estimate of drug-likeness (QED) is 0.285. The van der Waals surface area contributed by atoms with Crippen molar-refractivity contribution >= 4 is 0 Å². The van der Waals surface area contributed by atoms with Gasteiger partial charge in [-0.25, -0.2) is 23.1 Å². The van der Waals surface area contributed by atoms with Gasteiger partial charge in [-0.1, -0.05) is 23.4 Å². The van der Waals surface area contributed by atoms with Crippen molar-refractivity contribution in [2.24, 2.45) is 0 Å². The highest BCUT2D eigenvalue weighted by atomic mass is 19.1. The van der Waals surface area contributed by atoms with Crippen LogP contribution in [-0.2, 0) is 38.3 Å². The van der Waals surface area contributed by atoms with E-state index in [4.69, 9.17) is 0 Å². The highest BCUT2D eigenvalue weighted by Gasteiger charge is 2.35. The van der Waals surface area contributed by atoms with Crippen molar-refractivity contribution in [3.63, 3.8) is 0 Å². The van der Waals surface area contributed by atoms with Gasteiger partial charge in [-0.15, -0.1) is 5.10 Å². The Kier molecular flexibility index (Phi) is 7.52. The van der Waals surface area contributed by atoms with Crippen LogP contribution in [0, 0.1) is 11.6 Å². The molecule has 1 aromatic carbocycles. The largest absolute Gasteiger partial charge is 0.381 e. The molecule has 5 aromatic rings. The zero-order valence-electron chi connectivity index (χ0n) is 20.3. The first-order valence-electron chi connectivity index (χ1n) is 11.9. The van der Waals surface area contributed by atoms with Crippen LogP contribution < -0.4 is 0 Å². The molecule has 12 heteroatoms. The normalized spacial score (nSPS) is 13.1. The van der Waals surface area contributed by atoms with Crippen LogP contribution in [-0.4, -0.2) is 49.7 Å². The topological polar surface area (TPSA) is 111 Å². The van der Waals surface area contributed by atoms with Gasteiger partial charge < -0.3 is 5.11 Å². The average molecular weight is 518 g/mol. The molecule has 194 valence electrons. The summed E-state index contributed by atoms with van der Waals surface area (Å²) < 4.78 is 31.2. The van der Waals surface area contributed by atoms with Gasteiger partial charge in [0.05, 0.1) is 30.2 Å². The predicted molar refractivity (Wildman–Crippen MR) is 132 cm³/mol. The monoisotopic (exact) mass is 517 g/mol. The van der Waals surface area contributed by atoms with Crippen LogP contribution in [0.25, 0.3) is 0 Å². The summed E-state index contributed by atoms with van der Waals surface area (Å²) in [7, 11) is 0. The number of rotatable bonds is 11. The zero-order valence-corrected chi connectivity index (χ0v) is 20.3. The first-order valence-corrected chi connectivity index (χ1v) is 11.9. The molecule has 0 radical (unpaired) electrons. The second-order valence-electron chi connectivity index (χ2n) is 8.94. The van der Waals surface area contributed by atoms with Gasteiger partial charge in [-0.3, -0.25) is 14.9 Å². The summed E-state index contributed by atoms with van der Waals surface area (Å²) in [4.78, 5) is 14.9. The van der Waals surface area contributed by atoms with Crippen molar-refractivity contribution in [1.29, 1.82) is 0 Å². The summed E-state index contributed by atoms with van der Waals surface area (Å²) in [6.07, 6.45) is 7.90. The van der Waals surface area contributed by atoms with E-state index in [2.05, 4.69) is 35.3 Å². The lowest BCUT2D eigenvalue weighted by atomic mass is 9.93. The van der Waals surface area contributed by atoms with Crippen molar-refractivity contribution in [3.8, 4) is 0 Å². The molecule has 0 aliphatic rings. The van der Waals surface area contributed by atoms with Gasteiger partial charge >= 0.3 is 0 Å². The molecule has 10 nitrogen and oxygen atoms in total. The molecule has 1 atom stereocenters. The molecule has 0 aliphatic carbocycles. The van der Waals surface area contributed by atoms with Crippen molar-refractivity contribution in [2.45, 2.75) is 38.3 Å². The van der Waals surface area contributed by atoms with E-state index in [1.54, 1.807) is 18.6 Å². The number of halogens is 2. The smallest absolute Gasteiger partial charge is 0.137 e. The molecular weight excluding hydrogens is 492 g/mol. The van der Waals surface area contributed by atoms with Crippen LogP contribution in [0.15, 0.2) is 85.8 Å². The molecule has 0 bridgehead atoms. The van der Waals surface area contributed by atoms with E-state index < -0.39 is 17.2 Å². The molecule has 0 saturated carbocycles. The lowest BCUT2D eigenvalue weighted by Crippen LogP contribution is -2.37. The molecule has 0 aliphatic heterocycles. The van der Waals surface area contributed by atoms with Crippen LogP contribution in [0.5, 0.6) is 0 Å². The number of benzene rings is 1. The maximum Gasteiger partial charge on any atom is 0.137 e. The fourth-order valence-corrected chi connectivity index (χ4v) is 4.26. The Balaban J connectivity index is 1.37. The van der Waals surface area contributed by atoms with E-state index in [0.717, 1.165) is 23.5 Å². The van der Waals surface area contributed by atoms with Crippen molar-refractivity contribution < 1.29 is 13.9 Å². The van der Waals surface area contributed by atoms with Gasteiger partial charge in [0.1, 0.15) is 29.9 Å². The SMILES string of the molecule is OC(Cn1cncn1)(Cn1cc(CN(Cc2ccccn2)Cc2ccccn2)nn1)c1ccc(F)cc1F. The Morgan fingerprint density at radius 3 is 2.13 bits per heavy atom. The van der Waals surface area contributed by atoms with E-state index in [-0.39, 0.29) is 18.7 Å². The summed E-state index contributed by atoms with van der Waals surface area (Å²) in [6.45, 7) is 1.27. The molecular formula is C26H25F2N9O.